The minimum Gasteiger partial charge on any atom is -0.309 e. The summed E-state index contributed by atoms with van der Waals surface area (Å²) < 4.78 is 2.44. The van der Waals surface area contributed by atoms with Crippen LogP contribution in [0, 0.1) is 0 Å². The molecule has 1 aliphatic rings. The van der Waals surface area contributed by atoms with Gasteiger partial charge < -0.3 is 4.57 Å². The maximum atomic E-state index is 5.11. The fraction of sp³-hybridized carbons (Fsp3) is 0.0172. The minimum atomic E-state index is -0.507. The molecule has 2 heterocycles. The van der Waals surface area contributed by atoms with E-state index in [2.05, 4.69) is 174 Å². The SMILES string of the molecule is c1ccc(-c2ccc3c4c5c(ccc4n(-c4cccc(-c6nc(-c7ccccc7)nc(-c7ccccc7)n6)c4)c3c2)C(c2ccccc2)(c2ccccc2)c2ccccc2-5)cc1. The number of fused-ring (bicyclic) bond motifs is 7. The van der Waals surface area contributed by atoms with E-state index in [4.69, 9.17) is 15.0 Å². The Bertz CT molecular complexity index is 3340. The maximum Gasteiger partial charge on any atom is 0.164 e. The van der Waals surface area contributed by atoms with Crippen molar-refractivity contribution in [1.82, 2.24) is 19.5 Å². The van der Waals surface area contributed by atoms with Crippen molar-refractivity contribution in [2.24, 2.45) is 0 Å². The summed E-state index contributed by atoms with van der Waals surface area (Å²) in [7, 11) is 0. The van der Waals surface area contributed by atoms with Gasteiger partial charge in [0.15, 0.2) is 17.5 Å². The molecule has 0 atom stereocenters. The maximum absolute atomic E-state index is 5.11. The van der Waals surface area contributed by atoms with Gasteiger partial charge in [-0.15, -0.1) is 0 Å². The van der Waals surface area contributed by atoms with E-state index in [1.165, 1.54) is 49.7 Å². The van der Waals surface area contributed by atoms with Gasteiger partial charge in [-0.25, -0.2) is 15.0 Å². The molecule has 2 aromatic heterocycles. The Morgan fingerprint density at radius 2 is 0.855 bits per heavy atom. The molecule has 11 aromatic rings. The van der Waals surface area contributed by atoms with E-state index in [-0.39, 0.29) is 0 Å². The molecule has 0 unspecified atom stereocenters. The summed E-state index contributed by atoms with van der Waals surface area (Å²) in [5.74, 6) is 1.90. The van der Waals surface area contributed by atoms with Crippen LogP contribution in [-0.2, 0) is 5.41 Å². The van der Waals surface area contributed by atoms with Gasteiger partial charge in [-0.1, -0.05) is 206 Å². The molecule has 0 aliphatic heterocycles. The molecule has 0 fully saturated rings. The first-order valence-corrected chi connectivity index (χ1v) is 21.1. The Morgan fingerprint density at radius 1 is 0.339 bits per heavy atom. The van der Waals surface area contributed by atoms with Crippen LogP contribution < -0.4 is 0 Å². The van der Waals surface area contributed by atoms with Gasteiger partial charge in [-0.05, 0) is 68.8 Å². The monoisotopic (exact) mass is 790 g/mol. The molecule has 1 aliphatic carbocycles. The van der Waals surface area contributed by atoms with Gasteiger partial charge in [0.1, 0.15) is 0 Å². The zero-order chi connectivity index (χ0) is 41.0. The summed E-state index contributed by atoms with van der Waals surface area (Å²) >= 11 is 0. The molecular weight excluding hydrogens is 753 g/mol. The number of hydrogen-bond acceptors (Lipinski definition) is 3. The van der Waals surface area contributed by atoms with E-state index >= 15 is 0 Å². The van der Waals surface area contributed by atoms with Crippen LogP contribution in [0.1, 0.15) is 22.3 Å². The lowest BCUT2D eigenvalue weighted by Gasteiger charge is -2.33. The average molecular weight is 791 g/mol. The summed E-state index contributed by atoms with van der Waals surface area (Å²) in [5.41, 5.74) is 15.5. The van der Waals surface area contributed by atoms with Crippen molar-refractivity contribution < 1.29 is 0 Å². The third-order valence-electron chi connectivity index (χ3n) is 12.5. The molecule has 0 bridgehead atoms. The van der Waals surface area contributed by atoms with Gasteiger partial charge in [0.05, 0.1) is 16.4 Å². The predicted molar refractivity (Wildman–Crippen MR) is 253 cm³/mol. The third kappa shape index (κ3) is 5.58. The third-order valence-corrected chi connectivity index (χ3v) is 12.5. The normalized spacial score (nSPS) is 12.6. The van der Waals surface area contributed by atoms with Gasteiger partial charge in [0, 0.05) is 33.2 Å². The highest BCUT2D eigenvalue weighted by molar-refractivity contribution is 6.19. The summed E-state index contributed by atoms with van der Waals surface area (Å²) in [6.45, 7) is 0. The van der Waals surface area contributed by atoms with Crippen molar-refractivity contribution in [2.75, 3.05) is 0 Å². The summed E-state index contributed by atoms with van der Waals surface area (Å²) in [6, 6.07) is 82.4. The Balaban J connectivity index is 1.14. The molecule has 0 spiro atoms. The molecule has 4 heteroatoms. The average Bonchev–Trinajstić information content (AvgIpc) is 3.85. The van der Waals surface area contributed by atoms with E-state index in [1.54, 1.807) is 0 Å². The van der Waals surface area contributed by atoms with Crippen LogP contribution in [0.3, 0.4) is 0 Å². The fourth-order valence-electron chi connectivity index (χ4n) is 9.85. The van der Waals surface area contributed by atoms with Crippen LogP contribution in [0.2, 0.25) is 0 Å². The lowest BCUT2D eigenvalue weighted by atomic mass is 9.67. The number of rotatable bonds is 7. The van der Waals surface area contributed by atoms with Crippen molar-refractivity contribution in [3.8, 4) is 62.1 Å². The molecular formula is C58H38N4. The van der Waals surface area contributed by atoms with Crippen LogP contribution in [0.4, 0.5) is 0 Å². The smallest absolute Gasteiger partial charge is 0.164 e. The van der Waals surface area contributed by atoms with Crippen LogP contribution in [0.25, 0.3) is 83.9 Å². The highest BCUT2D eigenvalue weighted by atomic mass is 15.0. The van der Waals surface area contributed by atoms with Crippen LogP contribution in [-0.4, -0.2) is 19.5 Å². The molecule has 0 radical (unpaired) electrons. The standard InChI is InChI=1S/C58H38N4/c1-6-19-39(20-7-1)42-33-34-48-52(38-42)62(46-30-18-25-43(37-46)57-60-55(40-21-8-2-9-22-40)59-56(61-57)41-23-10-3-11-24-41)51-36-35-50-53(54(48)51)47-31-16-17-32-49(47)58(50,44-26-12-4-13-27-44)45-28-14-5-15-29-45/h1-38H. The largest absolute Gasteiger partial charge is 0.309 e. The molecule has 0 saturated heterocycles. The van der Waals surface area contributed by atoms with E-state index in [0.717, 1.165) is 39.0 Å². The summed E-state index contributed by atoms with van der Waals surface area (Å²) in [4.78, 5) is 15.2. The Kier molecular flexibility index (Phi) is 8.36. The first kappa shape index (κ1) is 35.7. The zero-order valence-corrected chi connectivity index (χ0v) is 33.7. The minimum absolute atomic E-state index is 0.507. The highest BCUT2D eigenvalue weighted by Crippen LogP contribution is 2.59. The first-order chi connectivity index (χ1) is 30.8. The summed E-state index contributed by atoms with van der Waals surface area (Å²) in [6.07, 6.45) is 0. The van der Waals surface area contributed by atoms with Gasteiger partial charge in [0.2, 0.25) is 0 Å². The molecule has 12 rings (SSSR count). The molecule has 0 N–H and O–H groups in total. The second-order valence-corrected chi connectivity index (χ2v) is 15.9. The molecule has 9 aromatic carbocycles. The molecule has 4 nitrogen and oxygen atoms in total. The predicted octanol–water partition coefficient (Wildman–Crippen LogP) is 14.0. The molecule has 290 valence electrons. The van der Waals surface area contributed by atoms with Crippen molar-refractivity contribution in [2.45, 2.75) is 5.41 Å². The van der Waals surface area contributed by atoms with Crippen LogP contribution in [0.5, 0.6) is 0 Å². The van der Waals surface area contributed by atoms with Gasteiger partial charge in [-0.3, -0.25) is 0 Å². The topological polar surface area (TPSA) is 43.6 Å². The van der Waals surface area contributed by atoms with Gasteiger partial charge in [0.25, 0.3) is 0 Å². The van der Waals surface area contributed by atoms with Crippen molar-refractivity contribution in [3.63, 3.8) is 0 Å². The van der Waals surface area contributed by atoms with E-state index < -0.39 is 5.41 Å². The van der Waals surface area contributed by atoms with Crippen molar-refractivity contribution >= 4 is 21.8 Å². The van der Waals surface area contributed by atoms with Gasteiger partial charge >= 0.3 is 0 Å². The highest BCUT2D eigenvalue weighted by Gasteiger charge is 2.47. The second kappa shape index (κ2) is 14.5. The second-order valence-electron chi connectivity index (χ2n) is 15.9. The molecule has 0 saturated carbocycles. The van der Waals surface area contributed by atoms with E-state index in [0.29, 0.717) is 17.5 Å². The molecule has 62 heavy (non-hydrogen) atoms. The molecule has 0 amide bonds. The van der Waals surface area contributed by atoms with E-state index in [9.17, 15) is 0 Å². The first-order valence-electron chi connectivity index (χ1n) is 21.1. The Hall–Kier alpha value is -8.21. The summed E-state index contributed by atoms with van der Waals surface area (Å²) in [5, 5.41) is 2.44. The number of nitrogens with zero attached hydrogens (tertiary/aromatic N) is 4. The van der Waals surface area contributed by atoms with Crippen LogP contribution >= 0.6 is 0 Å². The fourth-order valence-corrected chi connectivity index (χ4v) is 9.85. The van der Waals surface area contributed by atoms with Crippen LogP contribution in [0.15, 0.2) is 231 Å². The lowest BCUT2D eigenvalue weighted by Crippen LogP contribution is -2.28. The van der Waals surface area contributed by atoms with E-state index in [1.807, 2.05) is 60.7 Å². The van der Waals surface area contributed by atoms with Gasteiger partial charge in [-0.2, -0.15) is 0 Å². The Labute approximate surface area is 360 Å². The van der Waals surface area contributed by atoms with Crippen molar-refractivity contribution in [3.05, 3.63) is 253 Å². The number of benzene rings is 9. The zero-order valence-electron chi connectivity index (χ0n) is 33.7. The number of hydrogen-bond donors (Lipinski definition) is 0. The number of aromatic nitrogens is 4. The van der Waals surface area contributed by atoms with Crippen molar-refractivity contribution in [1.29, 1.82) is 0 Å². The quantitative estimate of drug-likeness (QED) is 0.161. The lowest BCUT2D eigenvalue weighted by molar-refractivity contribution is 0.769. The Morgan fingerprint density at radius 3 is 1.47 bits per heavy atom.